The van der Waals surface area contributed by atoms with Crippen molar-refractivity contribution in [3.05, 3.63) is 58.6 Å². The molecule has 2 rings (SSSR count). The summed E-state index contributed by atoms with van der Waals surface area (Å²) in [4.78, 5) is 0. The zero-order valence-corrected chi connectivity index (χ0v) is 12.9. The van der Waals surface area contributed by atoms with Crippen LogP contribution in [0.4, 0.5) is 0 Å². The molecule has 2 aromatic carbocycles. The van der Waals surface area contributed by atoms with Crippen LogP contribution in [-0.2, 0) is 6.42 Å². The van der Waals surface area contributed by atoms with Gasteiger partial charge in [-0.25, -0.2) is 0 Å². The van der Waals surface area contributed by atoms with E-state index in [2.05, 4.69) is 0 Å². The Labute approximate surface area is 130 Å². The Morgan fingerprint density at radius 2 is 2.00 bits per heavy atom. The highest BCUT2D eigenvalue weighted by molar-refractivity contribution is 6.30. The summed E-state index contributed by atoms with van der Waals surface area (Å²) in [6.07, 6.45) is -0.134. The second-order valence-corrected chi connectivity index (χ2v) is 5.38. The summed E-state index contributed by atoms with van der Waals surface area (Å²) in [5, 5.41) is 10.7. The molecule has 0 aliphatic carbocycles. The molecule has 2 aromatic rings. The van der Waals surface area contributed by atoms with Crippen molar-refractivity contribution in [2.45, 2.75) is 19.4 Å². The van der Waals surface area contributed by atoms with Crippen LogP contribution in [0.1, 0.15) is 11.1 Å². The minimum Gasteiger partial charge on any atom is -0.496 e. The first kappa shape index (κ1) is 15.7. The van der Waals surface area contributed by atoms with E-state index < -0.39 is 6.10 Å². The molecule has 4 heteroatoms. The molecule has 0 heterocycles. The number of hydrogen-bond acceptors (Lipinski definition) is 3. The molecule has 1 atom stereocenters. The summed E-state index contributed by atoms with van der Waals surface area (Å²) in [5.74, 6) is 1.43. The van der Waals surface area contributed by atoms with Crippen LogP contribution in [-0.4, -0.2) is 24.9 Å². The van der Waals surface area contributed by atoms with Crippen LogP contribution in [0.25, 0.3) is 0 Å². The third-order valence-corrected chi connectivity index (χ3v) is 3.37. The third kappa shape index (κ3) is 4.66. The SMILES string of the molecule is COc1ccc(C)cc1CC(O)COc1cccc(Cl)c1. The number of halogens is 1. The molecule has 1 unspecified atom stereocenters. The molecule has 0 saturated carbocycles. The lowest BCUT2D eigenvalue weighted by molar-refractivity contribution is 0.107. The van der Waals surface area contributed by atoms with Gasteiger partial charge in [-0.3, -0.25) is 0 Å². The van der Waals surface area contributed by atoms with Crippen LogP contribution in [0.15, 0.2) is 42.5 Å². The highest BCUT2D eigenvalue weighted by Gasteiger charge is 2.11. The largest absolute Gasteiger partial charge is 0.496 e. The Balaban J connectivity index is 1.95. The van der Waals surface area contributed by atoms with E-state index in [-0.39, 0.29) is 6.61 Å². The number of benzene rings is 2. The number of hydrogen-bond donors (Lipinski definition) is 1. The molecule has 0 radical (unpaired) electrons. The Hall–Kier alpha value is -1.71. The number of rotatable bonds is 6. The van der Waals surface area contributed by atoms with Crippen molar-refractivity contribution >= 4 is 11.6 Å². The molecule has 0 fully saturated rings. The molecule has 0 aliphatic rings. The molecule has 0 saturated heterocycles. The minimum absolute atomic E-state index is 0.206. The van der Waals surface area contributed by atoms with Gasteiger partial charge in [0.25, 0.3) is 0 Å². The van der Waals surface area contributed by atoms with Crippen molar-refractivity contribution in [1.29, 1.82) is 0 Å². The van der Waals surface area contributed by atoms with E-state index in [9.17, 15) is 5.11 Å². The number of ether oxygens (including phenoxy) is 2. The molecular weight excluding hydrogens is 288 g/mol. The maximum atomic E-state index is 10.1. The quantitative estimate of drug-likeness (QED) is 0.885. The number of methoxy groups -OCH3 is 1. The van der Waals surface area contributed by atoms with E-state index in [4.69, 9.17) is 21.1 Å². The lowest BCUT2D eigenvalue weighted by Crippen LogP contribution is -2.20. The van der Waals surface area contributed by atoms with Crippen LogP contribution >= 0.6 is 11.6 Å². The minimum atomic E-state index is -0.611. The van der Waals surface area contributed by atoms with Crippen LogP contribution < -0.4 is 9.47 Å². The molecule has 0 spiro atoms. The predicted octanol–water partition coefficient (Wildman–Crippen LogP) is 3.64. The fourth-order valence-electron chi connectivity index (χ4n) is 2.13. The van der Waals surface area contributed by atoms with Gasteiger partial charge in [0.1, 0.15) is 18.1 Å². The summed E-state index contributed by atoms with van der Waals surface area (Å²) < 4.78 is 10.9. The van der Waals surface area contributed by atoms with E-state index in [1.165, 1.54) is 0 Å². The lowest BCUT2D eigenvalue weighted by Gasteiger charge is -2.15. The van der Waals surface area contributed by atoms with Gasteiger partial charge in [0, 0.05) is 11.4 Å². The summed E-state index contributed by atoms with van der Waals surface area (Å²) in [7, 11) is 1.63. The van der Waals surface area contributed by atoms with Gasteiger partial charge in [0.05, 0.1) is 13.2 Å². The standard InChI is InChI=1S/C17H19ClO3/c1-12-6-7-17(20-2)13(8-12)9-15(19)11-21-16-5-3-4-14(18)10-16/h3-8,10,15,19H,9,11H2,1-2H3. The van der Waals surface area contributed by atoms with Crippen molar-refractivity contribution < 1.29 is 14.6 Å². The average molecular weight is 307 g/mol. The zero-order chi connectivity index (χ0) is 15.2. The zero-order valence-electron chi connectivity index (χ0n) is 12.2. The molecular formula is C17H19ClO3. The first-order valence-corrected chi connectivity index (χ1v) is 7.16. The third-order valence-electron chi connectivity index (χ3n) is 3.13. The monoisotopic (exact) mass is 306 g/mol. The second kappa shape index (κ2) is 7.34. The highest BCUT2D eigenvalue weighted by atomic mass is 35.5. The summed E-state index contributed by atoms with van der Waals surface area (Å²) >= 11 is 5.89. The van der Waals surface area contributed by atoms with Gasteiger partial charge in [0.15, 0.2) is 0 Å². The van der Waals surface area contributed by atoms with E-state index in [1.54, 1.807) is 19.2 Å². The van der Waals surface area contributed by atoms with Gasteiger partial charge in [-0.15, -0.1) is 0 Å². The van der Waals surface area contributed by atoms with E-state index in [0.717, 1.165) is 16.9 Å². The lowest BCUT2D eigenvalue weighted by atomic mass is 10.0. The topological polar surface area (TPSA) is 38.7 Å². The van der Waals surface area contributed by atoms with Crippen molar-refractivity contribution in [2.75, 3.05) is 13.7 Å². The van der Waals surface area contributed by atoms with E-state index in [1.807, 2.05) is 37.3 Å². The van der Waals surface area contributed by atoms with Crippen molar-refractivity contribution in [2.24, 2.45) is 0 Å². The van der Waals surface area contributed by atoms with Crippen molar-refractivity contribution in [3.8, 4) is 11.5 Å². The van der Waals surface area contributed by atoms with Crippen molar-refractivity contribution in [3.63, 3.8) is 0 Å². The maximum absolute atomic E-state index is 10.1. The molecule has 3 nitrogen and oxygen atoms in total. The molecule has 0 bridgehead atoms. The van der Waals surface area contributed by atoms with Gasteiger partial charge in [-0.05, 0) is 36.8 Å². The van der Waals surface area contributed by atoms with E-state index >= 15 is 0 Å². The number of aliphatic hydroxyl groups excluding tert-OH is 1. The maximum Gasteiger partial charge on any atom is 0.122 e. The molecule has 0 aromatic heterocycles. The van der Waals surface area contributed by atoms with Crippen LogP contribution in [0, 0.1) is 6.92 Å². The Morgan fingerprint density at radius 3 is 2.71 bits per heavy atom. The van der Waals surface area contributed by atoms with Crippen LogP contribution in [0.2, 0.25) is 5.02 Å². The normalized spacial score (nSPS) is 12.0. The number of aryl methyl sites for hydroxylation is 1. The molecule has 112 valence electrons. The first-order valence-electron chi connectivity index (χ1n) is 6.78. The highest BCUT2D eigenvalue weighted by Crippen LogP contribution is 2.22. The Kier molecular flexibility index (Phi) is 5.48. The van der Waals surface area contributed by atoms with Gasteiger partial charge in [-0.2, -0.15) is 0 Å². The predicted molar refractivity (Wildman–Crippen MR) is 84.4 cm³/mol. The Bertz CT molecular complexity index is 598. The van der Waals surface area contributed by atoms with Crippen LogP contribution in [0.5, 0.6) is 11.5 Å². The Morgan fingerprint density at radius 1 is 1.19 bits per heavy atom. The van der Waals surface area contributed by atoms with Gasteiger partial charge in [0.2, 0.25) is 0 Å². The second-order valence-electron chi connectivity index (χ2n) is 4.94. The molecule has 0 amide bonds. The molecule has 1 N–H and O–H groups in total. The first-order chi connectivity index (χ1) is 10.1. The van der Waals surface area contributed by atoms with Gasteiger partial charge >= 0.3 is 0 Å². The smallest absolute Gasteiger partial charge is 0.122 e. The van der Waals surface area contributed by atoms with Gasteiger partial charge in [-0.1, -0.05) is 35.4 Å². The molecule has 21 heavy (non-hydrogen) atoms. The van der Waals surface area contributed by atoms with E-state index in [0.29, 0.717) is 17.2 Å². The average Bonchev–Trinajstić information content (AvgIpc) is 2.45. The fourth-order valence-corrected chi connectivity index (χ4v) is 2.31. The molecule has 0 aliphatic heterocycles. The summed E-state index contributed by atoms with van der Waals surface area (Å²) in [6.45, 7) is 2.22. The summed E-state index contributed by atoms with van der Waals surface area (Å²) in [5.41, 5.74) is 2.11. The number of aliphatic hydroxyl groups is 1. The van der Waals surface area contributed by atoms with Crippen LogP contribution in [0.3, 0.4) is 0 Å². The fraction of sp³-hybridized carbons (Fsp3) is 0.294. The van der Waals surface area contributed by atoms with Gasteiger partial charge < -0.3 is 14.6 Å². The summed E-state index contributed by atoms with van der Waals surface area (Å²) in [6, 6.07) is 13.0. The van der Waals surface area contributed by atoms with Crippen molar-refractivity contribution in [1.82, 2.24) is 0 Å².